The van der Waals surface area contributed by atoms with E-state index in [1.54, 1.807) is 25.3 Å². The first-order chi connectivity index (χ1) is 17.2. The van der Waals surface area contributed by atoms with Crippen LogP contribution in [0, 0.1) is 0 Å². The molecule has 35 heavy (non-hydrogen) atoms. The van der Waals surface area contributed by atoms with E-state index in [-0.39, 0.29) is 18.1 Å². The number of benzene rings is 1. The van der Waals surface area contributed by atoms with Crippen LogP contribution in [0.1, 0.15) is 0 Å². The van der Waals surface area contributed by atoms with Gasteiger partial charge >= 0.3 is 0 Å². The molecule has 204 valence electrons. The molecule has 0 radical (unpaired) electrons. The van der Waals surface area contributed by atoms with Gasteiger partial charge in [-0.1, -0.05) is 18.2 Å². The van der Waals surface area contributed by atoms with Crippen molar-refractivity contribution in [3.63, 3.8) is 0 Å². The fraction of sp³-hybridized carbons (Fsp3) is 0.739. The highest BCUT2D eigenvalue weighted by molar-refractivity contribution is 7.86. The van der Waals surface area contributed by atoms with Crippen molar-refractivity contribution in [2.45, 2.75) is 4.90 Å². The van der Waals surface area contributed by atoms with Gasteiger partial charge in [0.15, 0.2) is 0 Å². The maximum absolute atomic E-state index is 11.9. The van der Waals surface area contributed by atoms with Crippen LogP contribution in [0.5, 0.6) is 0 Å². The van der Waals surface area contributed by atoms with E-state index in [9.17, 15) is 8.42 Å². The van der Waals surface area contributed by atoms with Gasteiger partial charge in [0, 0.05) is 7.11 Å². The number of ether oxygens (including phenoxy) is 8. The zero-order chi connectivity index (χ0) is 25.3. The van der Waals surface area contributed by atoms with Gasteiger partial charge in [-0.3, -0.25) is 4.18 Å². The van der Waals surface area contributed by atoms with Crippen molar-refractivity contribution in [3.8, 4) is 0 Å². The summed E-state index contributed by atoms with van der Waals surface area (Å²) >= 11 is 0. The Balaban J connectivity index is 1.73. The van der Waals surface area contributed by atoms with Crippen molar-refractivity contribution in [2.24, 2.45) is 0 Å². The van der Waals surface area contributed by atoms with Crippen LogP contribution in [0.25, 0.3) is 0 Å². The Labute approximate surface area is 208 Å². The zero-order valence-electron chi connectivity index (χ0n) is 20.6. The van der Waals surface area contributed by atoms with E-state index < -0.39 is 10.1 Å². The minimum atomic E-state index is -3.74. The second-order valence-corrected chi connectivity index (χ2v) is 8.48. The predicted molar refractivity (Wildman–Crippen MR) is 127 cm³/mol. The molecule has 11 nitrogen and oxygen atoms in total. The minimum absolute atomic E-state index is 0.0513. The van der Waals surface area contributed by atoms with Gasteiger partial charge in [0.1, 0.15) is 0 Å². The van der Waals surface area contributed by atoms with E-state index in [0.29, 0.717) is 92.5 Å². The summed E-state index contributed by atoms with van der Waals surface area (Å²) in [5.41, 5.74) is 0. The van der Waals surface area contributed by atoms with Gasteiger partial charge in [-0.25, -0.2) is 0 Å². The van der Waals surface area contributed by atoms with Gasteiger partial charge in [-0.15, -0.1) is 0 Å². The highest BCUT2D eigenvalue weighted by atomic mass is 32.2. The average Bonchev–Trinajstić information content (AvgIpc) is 2.87. The maximum atomic E-state index is 11.9. The van der Waals surface area contributed by atoms with E-state index >= 15 is 0 Å². The molecule has 0 heterocycles. The van der Waals surface area contributed by atoms with Gasteiger partial charge in [-0.2, -0.15) is 8.42 Å². The molecule has 0 aliphatic carbocycles. The molecule has 0 aliphatic heterocycles. The highest BCUT2D eigenvalue weighted by Gasteiger charge is 2.13. The van der Waals surface area contributed by atoms with Gasteiger partial charge in [0.25, 0.3) is 10.1 Å². The predicted octanol–water partition coefficient (Wildman–Crippen LogP) is 1.15. The molecule has 0 saturated heterocycles. The Morgan fingerprint density at radius 3 is 1.14 bits per heavy atom. The highest BCUT2D eigenvalue weighted by Crippen LogP contribution is 2.10. The quantitative estimate of drug-likeness (QED) is 0.128. The first-order valence-corrected chi connectivity index (χ1v) is 13.1. The summed E-state index contributed by atoms with van der Waals surface area (Å²) in [6.07, 6.45) is 0. The van der Waals surface area contributed by atoms with Crippen LogP contribution in [0.2, 0.25) is 0 Å². The Morgan fingerprint density at radius 2 is 0.800 bits per heavy atom. The van der Waals surface area contributed by atoms with E-state index in [0.717, 1.165) is 0 Å². The third-order valence-electron chi connectivity index (χ3n) is 4.16. The number of rotatable bonds is 26. The Kier molecular flexibility index (Phi) is 21.1. The molecule has 0 aromatic heterocycles. The second kappa shape index (κ2) is 23.2. The molecular weight excluding hydrogens is 484 g/mol. The monoisotopic (exact) mass is 524 g/mol. The van der Waals surface area contributed by atoms with Crippen LogP contribution in [0.3, 0.4) is 0 Å². The lowest BCUT2D eigenvalue weighted by atomic mass is 10.4. The van der Waals surface area contributed by atoms with Gasteiger partial charge in [0.2, 0.25) is 0 Å². The zero-order valence-corrected chi connectivity index (χ0v) is 21.4. The van der Waals surface area contributed by atoms with Crippen molar-refractivity contribution < 1.29 is 50.5 Å². The van der Waals surface area contributed by atoms with E-state index in [2.05, 4.69) is 0 Å². The van der Waals surface area contributed by atoms with Crippen molar-refractivity contribution in [1.29, 1.82) is 0 Å². The molecule has 0 atom stereocenters. The van der Waals surface area contributed by atoms with Crippen molar-refractivity contribution in [3.05, 3.63) is 30.3 Å². The number of hydrogen-bond acceptors (Lipinski definition) is 11. The summed E-state index contributed by atoms with van der Waals surface area (Å²) in [5.74, 6) is 0. The van der Waals surface area contributed by atoms with E-state index in [4.69, 9.17) is 42.1 Å². The topological polar surface area (TPSA) is 117 Å². The van der Waals surface area contributed by atoms with Crippen LogP contribution in [0.4, 0.5) is 0 Å². The second-order valence-electron chi connectivity index (χ2n) is 6.87. The lowest BCUT2D eigenvalue weighted by molar-refractivity contribution is -0.0226. The van der Waals surface area contributed by atoms with Gasteiger partial charge < -0.3 is 37.9 Å². The van der Waals surface area contributed by atoms with Crippen LogP contribution in [0.15, 0.2) is 35.2 Å². The summed E-state index contributed by atoms with van der Waals surface area (Å²) in [6, 6.07) is 7.98. The molecule has 0 unspecified atom stereocenters. The summed E-state index contributed by atoms with van der Waals surface area (Å²) in [4.78, 5) is 0.125. The summed E-state index contributed by atoms with van der Waals surface area (Å²) in [6.45, 7) is 6.93. The molecule has 0 bridgehead atoms. The molecule has 1 aromatic carbocycles. The number of methoxy groups -OCH3 is 1. The first kappa shape index (κ1) is 31.8. The summed E-state index contributed by atoms with van der Waals surface area (Å²) < 4.78 is 71.2. The van der Waals surface area contributed by atoms with Crippen LogP contribution >= 0.6 is 0 Å². The smallest absolute Gasteiger partial charge is 0.297 e. The Hall–Kier alpha value is -1.19. The third kappa shape index (κ3) is 19.7. The normalized spacial score (nSPS) is 11.8. The lowest BCUT2D eigenvalue weighted by Crippen LogP contribution is -2.15. The fourth-order valence-electron chi connectivity index (χ4n) is 2.42. The van der Waals surface area contributed by atoms with Gasteiger partial charge in [0.05, 0.1) is 111 Å². The molecular formula is C23H40O11S. The SMILES string of the molecule is COCCOCCOCCOCCOCCOCCOCCOCCOS(=O)(=O)c1ccccc1. The summed E-state index contributed by atoms with van der Waals surface area (Å²) in [5, 5.41) is 0. The van der Waals surface area contributed by atoms with E-state index in [1.807, 2.05) is 0 Å². The van der Waals surface area contributed by atoms with Crippen molar-refractivity contribution >= 4 is 10.1 Å². The molecule has 1 rings (SSSR count). The van der Waals surface area contributed by atoms with Crippen molar-refractivity contribution in [2.75, 3.05) is 113 Å². The standard InChI is InChI=1S/C23H40O11S/c1-26-7-8-27-9-10-28-11-12-29-13-14-30-15-16-31-17-18-32-19-20-33-21-22-34-35(24,25)23-5-3-2-4-6-23/h2-6H,7-22H2,1H3. The lowest BCUT2D eigenvalue weighted by Gasteiger charge is -2.09. The molecule has 0 spiro atoms. The molecule has 0 aliphatic rings. The molecule has 0 saturated carbocycles. The third-order valence-corrected chi connectivity index (χ3v) is 5.49. The minimum Gasteiger partial charge on any atom is -0.382 e. The first-order valence-electron chi connectivity index (χ1n) is 11.6. The van der Waals surface area contributed by atoms with Gasteiger partial charge in [-0.05, 0) is 12.1 Å². The molecule has 12 heteroatoms. The van der Waals surface area contributed by atoms with Crippen molar-refractivity contribution in [1.82, 2.24) is 0 Å². The number of hydrogen-bond donors (Lipinski definition) is 0. The van der Waals surface area contributed by atoms with Crippen LogP contribution in [-0.2, 0) is 52.2 Å². The Morgan fingerprint density at radius 1 is 0.486 bits per heavy atom. The molecule has 1 aromatic rings. The maximum Gasteiger partial charge on any atom is 0.297 e. The molecule has 0 N–H and O–H groups in total. The molecule has 0 fully saturated rings. The van der Waals surface area contributed by atoms with Crippen LogP contribution in [-0.4, -0.2) is 121 Å². The summed E-state index contributed by atoms with van der Waals surface area (Å²) in [7, 11) is -2.11. The molecule has 0 amide bonds. The average molecular weight is 525 g/mol. The largest absolute Gasteiger partial charge is 0.382 e. The fourth-order valence-corrected chi connectivity index (χ4v) is 3.34. The van der Waals surface area contributed by atoms with Crippen LogP contribution < -0.4 is 0 Å². The Bertz CT molecular complexity index is 673. The van der Waals surface area contributed by atoms with E-state index in [1.165, 1.54) is 12.1 Å².